The third-order valence-corrected chi connectivity index (χ3v) is 21.7. The Morgan fingerprint density at radius 1 is 0.425 bits per heavy atom. The average molecular weight is 591 g/mol. The maximum Gasteiger partial charge on any atom is 0.101 e. The van der Waals surface area contributed by atoms with Gasteiger partial charge in [0.05, 0.1) is 0 Å². The zero-order chi connectivity index (χ0) is 27.1. The molecule has 0 unspecified atom stereocenters. The molecular formula is C37H56P2Si. The molecule has 3 heteroatoms. The van der Waals surface area contributed by atoms with Gasteiger partial charge >= 0.3 is 0 Å². The second kappa shape index (κ2) is 14.8. The van der Waals surface area contributed by atoms with Gasteiger partial charge in [0.15, 0.2) is 0 Å². The summed E-state index contributed by atoms with van der Waals surface area (Å²) < 4.78 is 0. The second-order valence-corrected chi connectivity index (χ2v) is 22.0. The van der Waals surface area contributed by atoms with E-state index >= 15 is 0 Å². The number of hydrogen-bond donors (Lipinski definition) is 0. The van der Waals surface area contributed by atoms with Gasteiger partial charge in [0.1, 0.15) is 8.80 Å². The first-order valence-electron chi connectivity index (χ1n) is 17.6. The molecule has 6 rings (SSSR count). The van der Waals surface area contributed by atoms with Crippen LogP contribution in [0.3, 0.4) is 0 Å². The Bertz CT molecular complexity index is 924. The molecule has 0 saturated heterocycles. The van der Waals surface area contributed by atoms with E-state index in [0.29, 0.717) is 0 Å². The van der Waals surface area contributed by atoms with Crippen LogP contribution in [0.2, 0.25) is 6.55 Å². The third-order valence-electron chi connectivity index (χ3n) is 11.2. The highest BCUT2D eigenvalue weighted by atomic mass is 31.1. The van der Waals surface area contributed by atoms with Crippen LogP contribution in [0, 0.1) is 0 Å². The molecular weight excluding hydrogens is 534 g/mol. The van der Waals surface area contributed by atoms with Crippen molar-refractivity contribution in [2.75, 3.05) is 0 Å². The van der Waals surface area contributed by atoms with Crippen molar-refractivity contribution in [1.82, 2.24) is 0 Å². The van der Waals surface area contributed by atoms with Crippen molar-refractivity contribution in [2.45, 2.75) is 158 Å². The summed E-state index contributed by atoms with van der Waals surface area (Å²) in [4.78, 5) is 0. The Hall–Kier alpha value is -0.483. The van der Waals surface area contributed by atoms with Crippen LogP contribution >= 0.6 is 15.8 Å². The monoisotopic (exact) mass is 590 g/mol. The Morgan fingerprint density at radius 3 is 1.00 bits per heavy atom. The molecule has 0 heterocycles. The predicted molar refractivity (Wildman–Crippen MR) is 186 cm³/mol. The van der Waals surface area contributed by atoms with Crippen LogP contribution in [0.4, 0.5) is 0 Å². The van der Waals surface area contributed by atoms with Gasteiger partial charge in [0, 0.05) is 0 Å². The van der Waals surface area contributed by atoms with Gasteiger partial charge in [-0.15, -0.1) is 0 Å². The fraction of sp³-hybridized carbons (Fsp3) is 0.676. The second-order valence-electron chi connectivity index (χ2n) is 13.8. The van der Waals surface area contributed by atoms with Crippen molar-refractivity contribution in [3.63, 3.8) is 0 Å². The molecule has 0 N–H and O–H groups in total. The van der Waals surface area contributed by atoms with E-state index < -0.39 is 8.80 Å². The van der Waals surface area contributed by atoms with E-state index in [0.717, 1.165) is 22.6 Å². The lowest BCUT2D eigenvalue weighted by atomic mass is 9.99. The molecule has 40 heavy (non-hydrogen) atoms. The van der Waals surface area contributed by atoms with Crippen LogP contribution in [0.25, 0.3) is 0 Å². The molecule has 4 fully saturated rings. The lowest BCUT2D eigenvalue weighted by Gasteiger charge is -2.41. The highest BCUT2D eigenvalue weighted by Crippen LogP contribution is 2.56. The zero-order valence-electron chi connectivity index (χ0n) is 25.5. The maximum atomic E-state index is 2.74. The Morgan fingerprint density at radius 2 is 0.700 bits per heavy atom. The van der Waals surface area contributed by atoms with Gasteiger partial charge in [-0.1, -0.05) is 158 Å². The van der Waals surface area contributed by atoms with E-state index in [1.807, 2.05) is 21.0 Å². The quantitative estimate of drug-likeness (QED) is 0.212. The minimum atomic E-state index is -1.29. The molecule has 218 valence electrons. The topological polar surface area (TPSA) is 0 Å². The Labute approximate surface area is 251 Å². The molecule has 0 amide bonds. The molecule has 0 nitrogen and oxygen atoms in total. The van der Waals surface area contributed by atoms with Crippen molar-refractivity contribution >= 4 is 45.6 Å². The number of hydrogen-bond acceptors (Lipinski definition) is 0. The van der Waals surface area contributed by atoms with E-state index in [-0.39, 0.29) is 15.8 Å². The minimum Gasteiger partial charge on any atom is -0.0691 e. The third kappa shape index (κ3) is 6.84. The first-order valence-corrected chi connectivity index (χ1v) is 22.8. The molecule has 0 aliphatic heterocycles. The molecule has 0 bridgehead atoms. The summed E-state index contributed by atoms with van der Waals surface area (Å²) in [6.45, 7) is 2.74. The molecule has 0 radical (unpaired) electrons. The standard InChI is InChI=1S/C37H56P2Si/c1-40(36-28-16-14-26-34(36)38(30-18-6-2-7-19-30)31-20-8-3-9-21-31)37-29-17-15-27-35(37)39(32-22-10-4-11-23-32)33-24-12-5-13-25-33/h14-17,26-33,40H,2-13,18-25H2,1H3. The smallest absolute Gasteiger partial charge is 0.0691 e. The molecule has 0 aromatic heterocycles. The SMILES string of the molecule is C[SiH](c1ccccc1P(C1CCCCC1)C1CCCCC1)c1ccccc1P(C1CCCCC1)C1CCCCC1. The normalized spacial score (nSPS) is 22.9. The summed E-state index contributed by atoms with van der Waals surface area (Å²) in [6, 6.07) is 20.2. The van der Waals surface area contributed by atoms with E-state index in [2.05, 4.69) is 55.1 Å². The van der Waals surface area contributed by atoms with Gasteiger partial charge in [0.2, 0.25) is 0 Å². The van der Waals surface area contributed by atoms with Gasteiger partial charge in [0.25, 0.3) is 0 Å². The van der Waals surface area contributed by atoms with Crippen molar-refractivity contribution in [1.29, 1.82) is 0 Å². The minimum absolute atomic E-state index is 0.0449. The molecule has 4 saturated carbocycles. The molecule has 0 spiro atoms. The molecule has 4 aliphatic rings. The fourth-order valence-corrected chi connectivity index (χ4v) is 21.1. The summed E-state index contributed by atoms with van der Waals surface area (Å²) in [5.41, 5.74) is 3.97. The van der Waals surface area contributed by atoms with E-state index in [1.54, 1.807) is 0 Å². The van der Waals surface area contributed by atoms with Crippen LogP contribution in [-0.4, -0.2) is 31.4 Å². The predicted octanol–water partition coefficient (Wildman–Crippen LogP) is 9.20. The van der Waals surface area contributed by atoms with Crippen LogP contribution < -0.4 is 21.0 Å². The van der Waals surface area contributed by atoms with Gasteiger partial charge in [-0.2, -0.15) is 0 Å². The van der Waals surface area contributed by atoms with E-state index in [9.17, 15) is 0 Å². The van der Waals surface area contributed by atoms with E-state index in [4.69, 9.17) is 0 Å². The highest BCUT2D eigenvalue weighted by Gasteiger charge is 2.37. The molecule has 2 aromatic carbocycles. The number of rotatable bonds is 8. The number of benzene rings is 2. The summed E-state index contributed by atoms with van der Waals surface area (Å²) in [7, 11) is -1.38. The largest absolute Gasteiger partial charge is 0.101 e. The highest BCUT2D eigenvalue weighted by molar-refractivity contribution is 7.68. The van der Waals surface area contributed by atoms with Gasteiger partial charge in [-0.25, -0.2) is 0 Å². The van der Waals surface area contributed by atoms with E-state index in [1.165, 1.54) is 128 Å². The lowest BCUT2D eigenvalue weighted by molar-refractivity contribution is 0.487. The Kier molecular flexibility index (Phi) is 10.9. The maximum absolute atomic E-state index is 2.74. The van der Waals surface area contributed by atoms with Crippen molar-refractivity contribution in [3.05, 3.63) is 48.5 Å². The molecule has 0 atom stereocenters. The summed E-state index contributed by atoms with van der Waals surface area (Å²) in [5, 5.41) is 7.45. The van der Waals surface area contributed by atoms with Crippen molar-refractivity contribution in [3.8, 4) is 0 Å². The van der Waals surface area contributed by atoms with Crippen molar-refractivity contribution in [2.24, 2.45) is 0 Å². The lowest BCUT2D eigenvalue weighted by Crippen LogP contribution is -2.52. The average Bonchev–Trinajstić information content (AvgIpc) is 3.04. The van der Waals surface area contributed by atoms with Gasteiger partial charge in [-0.3, -0.25) is 0 Å². The van der Waals surface area contributed by atoms with Gasteiger partial charge < -0.3 is 0 Å². The molecule has 4 aliphatic carbocycles. The summed E-state index contributed by atoms with van der Waals surface area (Å²) in [6.07, 6.45) is 29.9. The Balaban J connectivity index is 1.38. The van der Waals surface area contributed by atoms with Crippen LogP contribution in [0.5, 0.6) is 0 Å². The van der Waals surface area contributed by atoms with Crippen LogP contribution in [-0.2, 0) is 0 Å². The van der Waals surface area contributed by atoms with Crippen LogP contribution in [0.1, 0.15) is 128 Å². The zero-order valence-corrected chi connectivity index (χ0v) is 28.5. The van der Waals surface area contributed by atoms with Gasteiger partial charge in [-0.05, 0) is 84.6 Å². The van der Waals surface area contributed by atoms with Crippen molar-refractivity contribution < 1.29 is 0 Å². The fourth-order valence-electron chi connectivity index (χ4n) is 9.17. The summed E-state index contributed by atoms with van der Waals surface area (Å²) in [5.74, 6) is 0. The first-order chi connectivity index (χ1) is 19.8. The first kappa shape index (κ1) is 29.6. The van der Waals surface area contributed by atoms with Crippen LogP contribution in [0.15, 0.2) is 48.5 Å². The summed E-state index contributed by atoms with van der Waals surface area (Å²) >= 11 is 0. The molecule has 2 aromatic rings.